The van der Waals surface area contributed by atoms with Gasteiger partial charge in [0.25, 0.3) is 0 Å². The van der Waals surface area contributed by atoms with Gasteiger partial charge in [-0.25, -0.2) is 0 Å². The van der Waals surface area contributed by atoms with Crippen LogP contribution in [-0.2, 0) is 6.42 Å². The maximum atomic E-state index is 5.55. The number of nitrogens with one attached hydrogen (secondary N) is 1. The molecule has 0 spiro atoms. The molecule has 22 heavy (non-hydrogen) atoms. The molecule has 0 amide bonds. The Morgan fingerprint density at radius 1 is 1.09 bits per heavy atom. The van der Waals surface area contributed by atoms with Gasteiger partial charge in [-0.05, 0) is 24.5 Å². The average molecular weight is 294 g/mol. The summed E-state index contributed by atoms with van der Waals surface area (Å²) in [6.45, 7) is 0.937. The highest BCUT2D eigenvalue weighted by molar-refractivity contribution is 5.84. The van der Waals surface area contributed by atoms with Crippen molar-refractivity contribution >= 4 is 5.84 Å². The number of aliphatic imine (C=N–C) groups is 1. The summed E-state index contributed by atoms with van der Waals surface area (Å²) in [6, 6.07) is 19.0. The number of hydrogen-bond acceptors (Lipinski definition) is 3. The quantitative estimate of drug-likeness (QED) is 0.911. The zero-order chi connectivity index (χ0) is 15.2. The Bertz CT molecular complexity index is 637. The molecule has 3 heteroatoms. The third-order valence-corrected chi connectivity index (χ3v) is 4.01. The van der Waals surface area contributed by atoms with E-state index in [0.29, 0.717) is 0 Å². The Morgan fingerprint density at radius 3 is 2.59 bits per heavy atom. The first-order valence-corrected chi connectivity index (χ1v) is 7.83. The van der Waals surface area contributed by atoms with E-state index in [-0.39, 0.29) is 6.04 Å². The van der Waals surface area contributed by atoms with E-state index >= 15 is 0 Å². The van der Waals surface area contributed by atoms with Crippen LogP contribution >= 0.6 is 0 Å². The molecule has 3 rings (SSSR count). The van der Waals surface area contributed by atoms with Crippen LogP contribution in [0.15, 0.2) is 59.6 Å². The van der Waals surface area contributed by atoms with Crippen LogP contribution in [0.2, 0.25) is 0 Å². The van der Waals surface area contributed by atoms with Gasteiger partial charge in [-0.3, -0.25) is 4.99 Å². The molecule has 0 fully saturated rings. The van der Waals surface area contributed by atoms with Crippen molar-refractivity contribution in [3.8, 4) is 5.75 Å². The molecule has 1 heterocycles. The van der Waals surface area contributed by atoms with Crippen molar-refractivity contribution in [2.75, 3.05) is 13.7 Å². The normalized spacial score (nSPS) is 15.2. The molecular formula is C19H22N2O. The van der Waals surface area contributed by atoms with E-state index in [1.807, 2.05) is 12.1 Å². The van der Waals surface area contributed by atoms with Gasteiger partial charge in [0.2, 0.25) is 0 Å². The van der Waals surface area contributed by atoms with Crippen LogP contribution in [0.3, 0.4) is 0 Å². The third-order valence-electron chi connectivity index (χ3n) is 4.01. The summed E-state index contributed by atoms with van der Waals surface area (Å²) in [5.74, 6) is 2.04. The Hall–Kier alpha value is -2.29. The molecule has 114 valence electrons. The van der Waals surface area contributed by atoms with Gasteiger partial charge in [-0.2, -0.15) is 0 Å². The molecule has 0 radical (unpaired) electrons. The molecule has 0 saturated carbocycles. The van der Waals surface area contributed by atoms with Gasteiger partial charge in [0, 0.05) is 18.5 Å². The molecule has 1 aliphatic rings. The van der Waals surface area contributed by atoms with Gasteiger partial charge in [0.15, 0.2) is 0 Å². The first-order chi connectivity index (χ1) is 10.9. The number of rotatable bonds is 5. The summed E-state index contributed by atoms with van der Waals surface area (Å²) in [5.41, 5.74) is 2.49. The first-order valence-electron chi connectivity index (χ1n) is 7.83. The second-order valence-corrected chi connectivity index (χ2v) is 5.56. The molecule has 2 aromatic rings. The van der Waals surface area contributed by atoms with Crippen LogP contribution in [0.5, 0.6) is 5.75 Å². The number of benzene rings is 2. The maximum Gasteiger partial charge on any atom is 0.124 e. The van der Waals surface area contributed by atoms with Crippen LogP contribution in [0.4, 0.5) is 0 Å². The third kappa shape index (κ3) is 3.48. The Morgan fingerprint density at radius 2 is 1.86 bits per heavy atom. The van der Waals surface area contributed by atoms with Crippen molar-refractivity contribution in [1.82, 2.24) is 5.32 Å². The largest absolute Gasteiger partial charge is 0.496 e. The highest BCUT2D eigenvalue weighted by Crippen LogP contribution is 2.28. The van der Waals surface area contributed by atoms with Gasteiger partial charge in [-0.1, -0.05) is 48.5 Å². The summed E-state index contributed by atoms with van der Waals surface area (Å²) in [6.07, 6.45) is 3.10. The second-order valence-electron chi connectivity index (χ2n) is 5.56. The van der Waals surface area contributed by atoms with Crippen molar-refractivity contribution in [3.63, 3.8) is 0 Å². The van der Waals surface area contributed by atoms with Crippen molar-refractivity contribution in [1.29, 1.82) is 0 Å². The number of amidine groups is 1. The van der Waals surface area contributed by atoms with Gasteiger partial charge >= 0.3 is 0 Å². The van der Waals surface area contributed by atoms with E-state index in [1.54, 1.807) is 7.11 Å². The molecule has 2 aromatic carbocycles. The topological polar surface area (TPSA) is 33.6 Å². The highest BCUT2D eigenvalue weighted by Gasteiger charge is 2.19. The molecule has 0 aliphatic carbocycles. The van der Waals surface area contributed by atoms with Crippen LogP contribution in [0.25, 0.3) is 0 Å². The first kappa shape index (κ1) is 14.6. The lowest BCUT2D eigenvalue weighted by atomic mass is 9.97. The molecule has 3 nitrogen and oxygen atoms in total. The molecule has 1 atom stereocenters. The minimum atomic E-state index is 0.176. The maximum absolute atomic E-state index is 5.55. The average Bonchev–Trinajstić information content (AvgIpc) is 3.08. The van der Waals surface area contributed by atoms with Gasteiger partial charge in [0.05, 0.1) is 19.0 Å². The predicted octanol–water partition coefficient (Wildman–Crippen LogP) is 3.76. The summed E-state index contributed by atoms with van der Waals surface area (Å²) in [5, 5.41) is 3.63. The van der Waals surface area contributed by atoms with E-state index in [1.165, 1.54) is 11.1 Å². The number of para-hydroxylation sites is 1. The van der Waals surface area contributed by atoms with Gasteiger partial charge in [0.1, 0.15) is 5.75 Å². The number of nitrogens with zero attached hydrogens (tertiary/aromatic N) is 1. The van der Waals surface area contributed by atoms with Crippen molar-refractivity contribution in [2.24, 2.45) is 4.99 Å². The smallest absolute Gasteiger partial charge is 0.124 e. The zero-order valence-electron chi connectivity index (χ0n) is 13.0. The van der Waals surface area contributed by atoms with Crippen molar-refractivity contribution in [2.45, 2.75) is 25.3 Å². The Balaban J connectivity index is 1.87. The summed E-state index contributed by atoms with van der Waals surface area (Å²) >= 11 is 0. The molecule has 1 N–H and O–H groups in total. The lowest BCUT2D eigenvalue weighted by Crippen LogP contribution is -2.29. The monoisotopic (exact) mass is 294 g/mol. The lowest BCUT2D eigenvalue weighted by molar-refractivity contribution is 0.403. The number of methoxy groups -OCH3 is 1. The number of hydrogen-bond donors (Lipinski definition) is 1. The van der Waals surface area contributed by atoms with Crippen LogP contribution in [0.1, 0.15) is 30.0 Å². The summed E-state index contributed by atoms with van der Waals surface area (Å²) in [7, 11) is 1.73. The lowest BCUT2D eigenvalue weighted by Gasteiger charge is -2.22. The van der Waals surface area contributed by atoms with Gasteiger partial charge in [-0.15, -0.1) is 0 Å². The zero-order valence-corrected chi connectivity index (χ0v) is 13.0. The Labute approximate surface area is 132 Å². The molecular weight excluding hydrogens is 272 g/mol. The fraction of sp³-hybridized carbons (Fsp3) is 0.316. The van der Waals surface area contributed by atoms with E-state index < -0.39 is 0 Å². The second kappa shape index (κ2) is 7.12. The van der Waals surface area contributed by atoms with E-state index in [9.17, 15) is 0 Å². The standard InChI is InChI=1S/C19H22N2O/c1-22-18-11-6-5-10-16(18)17(21-19-12-7-13-20-19)14-15-8-3-2-4-9-15/h2-6,8-11,17H,7,12-14H2,1H3,(H,20,21). The fourth-order valence-electron chi connectivity index (χ4n) is 2.90. The Kier molecular flexibility index (Phi) is 4.74. The van der Waals surface area contributed by atoms with Crippen LogP contribution in [0, 0.1) is 0 Å². The number of ether oxygens (including phenoxy) is 1. The minimum Gasteiger partial charge on any atom is -0.496 e. The predicted molar refractivity (Wildman–Crippen MR) is 90.6 cm³/mol. The molecule has 0 saturated heterocycles. The van der Waals surface area contributed by atoms with Crippen molar-refractivity contribution < 1.29 is 4.74 Å². The summed E-state index contributed by atoms with van der Waals surface area (Å²) < 4.78 is 5.55. The molecule has 1 aliphatic heterocycles. The van der Waals surface area contributed by atoms with Crippen LogP contribution < -0.4 is 10.1 Å². The summed E-state index contributed by atoms with van der Waals surface area (Å²) in [4.78, 5) is 4.56. The van der Waals surface area contributed by atoms with Crippen molar-refractivity contribution in [3.05, 3.63) is 65.7 Å². The molecule has 0 bridgehead atoms. The highest BCUT2D eigenvalue weighted by atomic mass is 16.5. The molecule has 0 aromatic heterocycles. The molecule has 1 unspecified atom stereocenters. The minimum absolute atomic E-state index is 0.176. The van der Waals surface area contributed by atoms with Crippen LogP contribution in [-0.4, -0.2) is 19.5 Å². The SMILES string of the molecule is COc1ccccc1C(Cc1ccccc1)NC1=NCCC1. The van der Waals surface area contributed by atoms with E-state index in [2.05, 4.69) is 52.8 Å². The van der Waals surface area contributed by atoms with E-state index in [4.69, 9.17) is 4.74 Å². The van der Waals surface area contributed by atoms with Gasteiger partial charge < -0.3 is 10.1 Å². The fourth-order valence-corrected chi connectivity index (χ4v) is 2.90. The van der Waals surface area contributed by atoms with E-state index in [0.717, 1.165) is 37.4 Å².